The predicted octanol–water partition coefficient (Wildman–Crippen LogP) is 5.75. The van der Waals surface area contributed by atoms with Crippen molar-refractivity contribution < 1.29 is 27.9 Å². The fourth-order valence-electron chi connectivity index (χ4n) is 6.03. The fourth-order valence-corrected chi connectivity index (χ4v) is 6.03. The maximum absolute atomic E-state index is 6.85. The van der Waals surface area contributed by atoms with E-state index in [1.165, 1.54) is 0 Å². The van der Waals surface area contributed by atoms with Gasteiger partial charge in [-0.25, -0.2) is 0 Å². The zero-order chi connectivity index (χ0) is 27.3. The molecule has 6 nitrogen and oxygen atoms in total. The van der Waals surface area contributed by atoms with Gasteiger partial charge in [-0.15, -0.1) is 4.57 Å². The zero-order valence-electron chi connectivity index (χ0n) is 22.1. The molecule has 0 radical (unpaired) electrons. The number of hydrogen-bond donors (Lipinski definition) is 0. The quantitative estimate of drug-likeness (QED) is 0.237. The Hall–Kier alpha value is -5.49. The molecule has 3 aliphatic heterocycles. The second-order valence-corrected chi connectivity index (χ2v) is 10.1. The molecule has 8 rings (SSSR count). The van der Waals surface area contributed by atoms with Crippen LogP contribution >= 0.6 is 0 Å². The molecular weight excluding hydrogens is 510 g/mol. The van der Waals surface area contributed by atoms with Crippen molar-refractivity contribution in [2.24, 2.45) is 0 Å². The summed E-state index contributed by atoms with van der Waals surface area (Å²) in [5.74, 6) is 3.37. The van der Waals surface area contributed by atoms with Gasteiger partial charge in [-0.1, -0.05) is 35.4 Å². The van der Waals surface area contributed by atoms with E-state index >= 15 is 0 Å². The minimum atomic E-state index is -0.400. The minimum absolute atomic E-state index is 0.366. The first-order valence-electron chi connectivity index (χ1n) is 13.6. The molecule has 0 saturated heterocycles. The maximum atomic E-state index is 6.85. The Balaban J connectivity index is 1.63. The lowest BCUT2D eigenvalue weighted by atomic mass is 9.91. The summed E-state index contributed by atoms with van der Waals surface area (Å²) in [5, 5.41) is 0. The van der Waals surface area contributed by atoms with Crippen molar-refractivity contribution in [1.29, 1.82) is 0 Å². The van der Waals surface area contributed by atoms with Gasteiger partial charge in [0.05, 0.1) is 24.0 Å². The SMILES string of the molecule is C=C1C2=CC=COc3cccc[n+]3C3c4ccccc4-c4cccc[n+]4C1[n+]1ccccc1Oc1cccc(c13)O2. The van der Waals surface area contributed by atoms with Gasteiger partial charge in [0, 0.05) is 29.8 Å². The van der Waals surface area contributed by atoms with E-state index in [4.69, 9.17) is 14.2 Å². The molecule has 0 amide bonds. The molecule has 0 fully saturated rings. The third-order valence-electron chi connectivity index (χ3n) is 7.81. The highest BCUT2D eigenvalue weighted by atomic mass is 16.5. The van der Waals surface area contributed by atoms with E-state index in [2.05, 4.69) is 62.9 Å². The van der Waals surface area contributed by atoms with Gasteiger partial charge in [0.25, 0.3) is 0 Å². The molecule has 0 N–H and O–H groups in total. The van der Waals surface area contributed by atoms with Crippen LogP contribution in [0.15, 0.2) is 152 Å². The molecule has 5 bridgehead atoms. The van der Waals surface area contributed by atoms with Gasteiger partial charge in [-0.2, -0.15) is 4.57 Å². The lowest BCUT2D eigenvalue weighted by molar-refractivity contribution is -0.930. The molecule has 3 aromatic heterocycles. The van der Waals surface area contributed by atoms with Crippen LogP contribution in [-0.4, -0.2) is 0 Å². The van der Waals surface area contributed by atoms with Gasteiger partial charge >= 0.3 is 17.9 Å². The Labute approximate surface area is 237 Å². The van der Waals surface area contributed by atoms with Gasteiger partial charge in [0.15, 0.2) is 18.6 Å². The molecule has 6 heterocycles. The monoisotopic (exact) mass is 536 g/mol. The molecule has 0 saturated carbocycles. The lowest BCUT2D eigenvalue weighted by Crippen LogP contribution is -2.59. The highest BCUT2D eigenvalue weighted by molar-refractivity contribution is 5.65. The van der Waals surface area contributed by atoms with Gasteiger partial charge in [0.1, 0.15) is 28.4 Å². The van der Waals surface area contributed by atoms with E-state index in [1.54, 1.807) is 6.26 Å². The summed E-state index contributed by atoms with van der Waals surface area (Å²) in [4.78, 5) is 0. The van der Waals surface area contributed by atoms with Crippen LogP contribution in [0.5, 0.6) is 23.3 Å². The Kier molecular flexibility index (Phi) is 5.32. The Morgan fingerprint density at radius 2 is 1.34 bits per heavy atom. The first kappa shape index (κ1) is 23.4. The topological polar surface area (TPSA) is 39.3 Å². The van der Waals surface area contributed by atoms with Crippen LogP contribution in [0, 0.1) is 0 Å². The summed E-state index contributed by atoms with van der Waals surface area (Å²) in [6.07, 6.45) is 11.2. The number of pyridine rings is 3. The summed E-state index contributed by atoms with van der Waals surface area (Å²) in [7, 11) is 0. The smallest absolute Gasteiger partial charge is 0.385 e. The van der Waals surface area contributed by atoms with Crippen LogP contribution in [0.1, 0.15) is 23.3 Å². The molecule has 0 aliphatic carbocycles. The second kappa shape index (κ2) is 9.31. The van der Waals surface area contributed by atoms with Crippen LogP contribution in [-0.2, 0) is 0 Å². The van der Waals surface area contributed by atoms with Crippen molar-refractivity contribution in [1.82, 2.24) is 0 Å². The Bertz CT molecular complexity index is 1930. The molecule has 5 aromatic rings. The van der Waals surface area contributed by atoms with E-state index in [-0.39, 0.29) is 6.04 Å². The third-order valence-corrected chi connectivity index (χ3v) is 7.81. The minimum Gasteiger partial charge on any atom is -0.456 e. The highest BCUT2D eigenvalue weighted by Gasteiger charge is 2.45. The molecule has 6 heteroatoms. The summed E-state index contributed by atoms with van der Waals surface area (Å²) < 4.78 is 26.4. The van der Waals surface area contributed by atoms with Crippen molar-refractivity contribution in [2.45, 2.75) is 12.2 Å². The maximum Gasteiger partial charge on any atom is 0.385 e. The first-order chi connectivity index (χ1) is 20.3. The first-order valence-corrected chi connectivity index (χ1v) is 13.6. The molecule has 41 heavy (non-hydrogen) atoms. The van der Waals surface area contributed by atoms with E-state index in [0.717, 1.165) is 28.0 Å². The molecule has 2 unspecified atom stereocenters. The predicted molar refractivity (Wildman–Crippen MR) is 151 cm³/mol. The summed E-state index contributed by atoms with van der Waals surface area (Å²) in [6.45, 7) is 4.63. The highest BCUT2D eigenvalue weighted by Crippen LogP contribution is 2.44. The number of fused-ring (bicyclic) bond motifs is 8. The third kappa shape index (κ3) is 3.68. The van der Waals surface area contributed by atoms with Gasteiger partial charge < -0.3 is 14.2 Å². The van der Waals surface area contributed by atoms with Crippen LogP contribution in [0.3, 0.4) is 0 Å². The van der Waals surface area contributed by atoms with Gasteiger partial charge in [0.2, 0.25) is 11.7 Å². The van der Waals surface area contributed by atoms with E-state index in [9.17, 15) is 0 Å². The number of allylic oxidation sites excluding steroid dienone is 3. The van der Waals surface area contributed by atoms with E-state index in [1.807, 2.05) is 85.2 Å². The number of hydrogen-bond acceptors (Lipinski definition) is 3. The van der Waals surface area contributed by atoms with Gasteiger partial charge in [-0.05, 0) is 48.6 Å². The molecule has 196 valence electrons. The average molecular weight is 537 g/mol. The largest absolute Gasteiger partial charge is 0.456 e. The number of aromatic nitrogens is 3. The van der Waals surface area contributed by atoms with Crippen LogP contribution < -0.4 is 27.9 Å². The molecule has 2 atom stereocenters. The second-order valence-electron chi connectivity index (χ2n) is 10.1. The van der Waals surface area contributed by atoms with E-state index < -0.39 is 6.17 Å². The van der Waals surface area contributed by atoms with Crippen LogP contribution in [0.4, 0.5) is 0 Å². The lowest BCUT2D eigenvalue weighted by Gasteiger charge is -2.23. The zero-order valence-corrected chi connectivity index (χ0v) is 22.1. The van der Waals surface area contributed by atoms with Crippen LogP contribution in [0.2, 0.25) is 0 Å². The molecule has 3 aliphatic rings. The normalized spacial score (nSPS) is 18.0. The Morgan fingerprint density at radius 1 is 0.634 bits per heavy atom. The summed E-state index contributed by atoms with van der Waals surface area (Å²) in [5.41, 5.74) is 4.83. The van der Waals surface area contributed by atoms with E-state index in [0.29, 0.717) is 29.0 Å². The number of benzene rings is 2. The van der Waals surface area contributed by atoms with Crippen molar-refractivity contribution >= 4 is 0 Å². The average Bonchev–Trinajstić information content (AvgIpc) is 3.06. The van der Waals surface area contributed by atoms with Crippen molar-refractivity contribution in [3.63, 3.8) is 0 Å². The number of nitrogens with zero attached hydrogens (tertiary/aromatic N) is 3. The summed E-state index contributed by atoms with van der Waals surface area (Å²) in [6, 6.07) is 32.4. The van der Waals surface area contributed by atoms with Crippen molar-refractivity contribution in [3.05, 3.63) is 163 Å². The van der Waals surface area contributed by atoms with Crippen molar-refractivity contribution in [2.75, 3.05) is 0 Å². The molecular formula is C35H26N3O3+3. The standard InChI is InChI=1S/C35H26N3O3/c1-24-28-17-11-23-39-31-18-5-8-21-37(31)34-26-13-3-2-12-25(26)27-14-4-7-20-36(27)35(24)38-22-9-6-19-32(38)41-30-16-10-15-29(40-28)33(30)34/h2-23,34-35H,1H2/q+3. The van der Waals surface area contributed by atoms with Gasteiger partial charge in [-0.3, -0.25) is 0 Å². The number of ether oxygens (including phenoxy) is 3. The molecule has 0 spiro atoms. The van der Waals surface area contributed by atoms with Crippen molar-refractivity contribution in [3.8, 4) is 34.5 Å². The molecule has 2 aromatic carbocycles. The Morgan fingerprint density at radius 3 is 2.22 bits per heavy atom. The fraction of sp³-hybridized carbons (Fsp3) is 0.0571. The summed E-state index contributed by atoms with van der Waals surface area (Å²) >= 11 is 0. The van der Waals surface area contributed by atoms with Crippen LogP contribution in [0.25, 0.3) is 11.3 Å². The number of rotatable bonds is 0.